The zero-order valence-electron chi connectivity index (χ0n) is 20.0. The molecule has 0 fully saturated rings. The molecule has 0 bridgehead atoms. The third-order valence-electron chi connectivity index (χ3n) is 6.52. The molecule has 0 spiro atoms. The molecule has 0 aliphatic carbocycles. The van der Waals surface area contributed by atoms with E-state index in [1.807, 2.05) is 19.2 Å². The Morgan fingerprint density at radius 1 is 1.03 bits per heavy atom. The molecule has 0 saturated carbocycles. The molecule has 0 saturated heterocycles. The van der Waals surface area contributed by atoms with E-state index in [0.29, 0.717) is 11.9 Å². The second-order valence-electron chi connectivity index (χ2n) is 8.95. The van der Waals surface area contributed by atoms with Gasteiger partial charge in [0.05, 0.1) is 17.9 Å². The summed E-state index contributed by atoms with van der Waals surface area (Å²) in [7, 11) is 0. The van der Waals surface area contributed by atoms with Crippen LogP contribution in [0.25, 0.3) is 11.4 Å². The molecule has 5 rings (SSSR count). The number of nitrogens with zero attached hydrogens (tertiary/aromatic N) is 7. The number of hydrogen-bond donors (Lipinski definition) is 0. The van der Waals surface area contributed by atoms with Crippen molar-refractivity contribution in [1.29, 1.82) is 0 Å². The highest BCUT2D eigenvalue weighted by Gasteiger charge is 2.36. The lowest BCUT2D eigenvalue weighted by atomic mass is 9.98. The van der Waals surface area contributed by atoms with Crippen LogP contribution in [0, 0.1) is 12.8 Å². The van der Waals surface area contributed by atoms with Gasteiger partial charge in [-0.25, -0.2) is 4.98 Å². The van der Waals surface area contributed by atoms with Crippen LogP contribution in [0.15, 0.2) is 54.9 Å². The van der Waals surface area contributed by atoms with Crippen LogP contribution in [0.2, 0.25) is 0 Å². The second-order valence-corrected chi connectivity index (χ2v) is 8.95. The van der Waals surface area contributed by atoms with Gasteiger partial charge in [0.25, 0.3) is 0 Å². The average molecular weight is 442 g/mol. The maximum absolute atomic E-state index is 5.16. The quantitative estimate of drug-likeness (QED) is 0.525. The molecule has 2 aliphatic rings. The van der Waals surface area contributed by atoms with Gasteiger partial charge in [-0.2, -0.15) is 4.98 Å². The molecule has 170 valence electrons. The number of fused-ring (bicyclic) bond motifs is 3. The normalized spacial score (nSPS) is 19.5. The van der Waals surface area contributed by atoms with Crippen LogP contribution in [0.3, 0.4) is 0 Å². The number of aromatic nitrogens is 5. The van der Waals surface area contributed by atoms with Crippen LogP contribution < -0.4 is 9.80 Å². The van der Waals surface area contributed by atoms with Gasteiger partial charge in [0.2, 0.25) is 5.95 Å². The van der Waals surface area contributed by atoms with Gasteiger partial charge < -0.3 is 4.90 Å². The van der Waals surface area contributed by atoms with Crippen molar-refractivity contribution in [3.8, 4) is 5.69 Å². The fourth-order valence-electron chi connectivity index (χ4n) is 4.86. The average Bonchev–Trinajstić information content (AvgIpc) is 3.24. The summed E-state index contributed by atoms with van der Waals surface area (Å²) in [6.07, 6.45) is 10.6. The number of anilines is 2. The van der Waals surface area contributed by atoms with Crippen molar-refractivity contribution in [3.05, 3.63) is 72.1 Å². The molecule has 2 aromatic heterocycles. The lowest BCUT2D eigenvalue weighted by molar-refractivity contribution is 0.496. The van der Waals surface area contributed by atoms with Gasteiger partial charge in [0.1, 0.15) is 11.5 Å². The summed E-state index contributed by atoms with van der Waals surface area (Å²) < 4.78 is 2.11. The molecular weight excluding hydrogens is 410 g/mol. The van der Waals surface area contributed by atoms with Crippen molar-refractivity contribution in [1.82, 2.24) is 24.7 Å². The van der Waals surface area contributed by atoms with Gasteiger partial charge in [0, 0.05) is 12.2 Å². The molecule has 3 aromatic rings. The molecule has 0 amide bonds. The number of aryl methyl sites for hydroxylation is 1. The Labute approximate surface area is 195 Å². The number of rotatable bonds is 5. The zero-order chi connectivity index (χ0) is 23.1. The standard InChI is InChI=1S/C26H31N7/c1-6-19-13-14-31(22(15-19)20-11-9-8-10-12-20)26-27-16-23-24(28-26)32(17(3)4)21(7-2)25-30-29-18(5)33(23)25/h8-17,19,21H,6-7H2,1-5H3. The lowest BCUT2D eigenvalue weighted by Gasteiger charge is -2.40. The Bertz CT molecular complexity index is 1210. The van der Waals surface area contributed by atoms with Crippen molar-refractivity contribution in [2.45, 2.75) is 59.5 Å². The summed E-state index contributed by atoms with van der Waals surface area (Å²) in [4.78, 5) is 14.4. The molecule has 2 unspecified atom stereocenters. The molecular formula is C26H31N7. The van der Waals surface area contributed by atoms with E-state index in [4.69, 9.17) is 9.97 Å². The van der Waals surface area contributed by atoms with Gasteiger partial charge in [-0.05, 0) is 45.1 Å². The molecule has 0 N–H and O–H groups in total. The van der Waals surface area contributed by atoms with E-state index in [-0.39, 0.29) is 12.1 Å². The minimum absolute atomic E-state index is 0.118. The predicted molar refractivity (Wildman–Crippen MR) is 132 cm³/mol. The van der Waals surface area contributed by atoms with Crippen LogP contribution in [0.1, 0.15) is 63.8 Å². The van der Waals surface area contributed by atoms with E-state index in [1.165, 1.54) is 0 Å². The van der Waals surface area contributed by atoms with E-state index >= 15 is 0 Å². The first-order valence-electron chi connectivity index (χ1n) is 11.9. The fourth-order valence-corrected chi connectivity index (χ4v) is 4.86. The Balaban J connectivity index is 1.65. The van der Waals surface area contributed by atoms with E-state index < -0.39 is 0 Å². The van der Waals surface area contributed by atoms with Crippen molar-refractivity contribution < 1.29 is 0 Å². The third kappa shape index (κ3) is 3.52. The maximum Gasteiger partial charge on any atom is 0.236 e. The number of hydrogen-bond acceptors (Lipinski definition) is 6. The zero-order valence-corrected chi connectivity index (χ0v) is 20.0. The second kappa shape index (κ2) is 8.46. The molecule has 7 nitrogen and oxygen atoms in total. The van der Waals surface area contributed by atoms with Crippen molar-refractivity contribution in [3.63, 3.8) is 0 Å². The minimum atomic E-state index is 0.118. The largest absolute Gasteiger partial charge is 0.342 e. The Morgan fingerprint density at radius 3 is 2.52 bits per heavy atom. The molecule has 4 heterocycles. The monoisotopic (exact) mass is 441 g/mol. The third-order valence-corrected chi connectivity index (χ3v) is 6.52. The summed E-state index contributed by atoms with van der Waals surface area (Å²) in [5.41, 5.74) is 3.21. The van der Waals surface area contributed by atoms with Gasteiger partial charge in [-0.15, -0.1) is 10.2 Å². The van der Waals surface area contributed by atoms with Crippen LogP contribution >= 0.6 is 0 Å². The van der Waals surface area contributed by atoms with E-state index in [0.717, 1.165) is 47.3 Å². The first-order chi connectivity index (χ1) is 16.0. The number of benzene rings is 1. The van der Waals surface area contributed by atoms with Gasteiger partial charge in [-0.3, -0.25) is 9.47 Å². The van der Waals surface area contributed by atoms with Crippen LogP contribution in [-0.2, 0) is 0 Å². The van der Waals surface area contributed by atoms with Crippen LogP contribution in [-0.4, -0.2) is 30.8 Å². The van der Waals surface area contributed by atoms with Gasteiger partial charge >= 0.3 is 0 Å². The Kier molecular flexibility index (Phi) is 5.48. The molecule has 2 aliphatic heterocycles. The summed E-state index contributed by atoms with van der Waals surface area (Å²) >= 11 is 0. The molecule has 7 heteroatoms. The summed E-state index contributed by atoms with van der Waals surface area (Å²) in [5.74, 6) is 3.81. The van der Waals surface area contributed by atoms with Crippen molar-refractivity contribution >= 4 is 17.5 Å². The SMILES string of the molecule is CCC1C=CN(c2ncc3c(n2)N(C(C)C)C(CC)c2nnc(C)n2-3)C(c2ccccc2)=C1. The Morgan fingerprint density at radius 2 is 1.82 bits per heavy atom. The van der Waals surface area contributed by atoms with Crippen molar-refractivity contribution in [2.24, 2.45) is 5.92 Å². The fraction of sp³-hybridized carbons (Fsp3) is 0.385. The molecule has 0 radical (unpaired) electrons. The smallest absolute Gasteiger partial charge is 0.236 e. The number of allylic oxidation sites excluding steroid dienone is 2. The molecule has 33 heavy (non-hydrogen) atoms. The summed E-state index contributed by atoms with van der Waals surface area (Å²) in [6, 6.07) is 10.9. The maximum atomic E-state index is 5.16. The predicted octanol–water partition coefficient (Wildman–Crippen LogP) is 5.45. The summed E-state index contributed by atoms with van der Waals surface area (Å²) in [5, 5.41) is 8.88. The highest BCUT2D eigenvalue weighted by atomic mass is 15.4. The van der Waals surface area contributed by atoms with Gasteiger partial charge in [0.15, 0.2) is 11.6 Å². The highest BCUT2D eigenvalue weighted by molar-refractivity contribution is 5.81. The highest BCUT2D eigenvalue weighted by Crippen LogP contribution is 2.41. The molecule has 1 aromatic carbocycles. The Hall–Kier alpha value is -3.48. The molecule has 2 atom stereocenters. The topological polar surface area (TPSA) is 63.0 Å². The minimum Gasteiger partial charge on any atom is -0.342 e. The summed E-state index contributed by atoms with van der Waals surface area (Å²) in [6.45, 7) is 10.8. The van der Waals surface area contributed by atoms with Crippen LogP contribution in [0.5, 0.6) is 0 Å². The van der Waals surface area contributed by atoms with E-state index in [2.05, 4.69) is 94.9 Å². The lowest BCUT2D eigenvalue weighted by Crippen LogP contribution is -2.41. The van der Waals surface area contributed by atoms with E-state index in [1.54, 1.807) is 0 Å². The van der Waals surface area contributed by atoms with Crippen molar-refractivity contribution in [2.75, 3.05) is 9.80 Å². The van der Waals surface area contributed by atoms with Crippen LogP contribution in [0.4, 0.5) is 11.8 Å². The van der Waals surface area contributed by atoms with E-state index in [9.17, 15) is 0 Å². The first kappa shape index (κ1) is 21.4. The van der Waals surface area contributed by atoms with Gasteiger partial charge in [-0.1, -0.05) is 56.3 Å². The first-order valence-corrected chi connectivity index (χ1v) is 11.9.